The molecule has 0 amide bonds. The molecule has 0 unspecified atom stereocenters. The van der Waals surface area contributed by atoms with Gasteiger partial charge in [-0.25, -0.2) is 4.98 Å². The quantitative estimate of drug-likeness (QED) is 0.660. The van der Waals surface area contributed by atoms with E-state index in [1.807, 2.05) is 43.3 Å². The highest BCUT2D eigenvalue weighted by atomic mass is 79.9. The molecule has 0 saturated heterocycles. The van der Waals surface area contributed by atoms with Gasteiger partial charge in [-0.3, -0.25) is 9.20 Å². The van der Waals surface area contributed by atoms with Gasteiger partial charge in [-0.05, 0) is 46.6 Å². The van der Waals surface area contributed by atoms with E-state index in [0.717, 1.165) is 26.3 Å². The molecule has 0 aliphatic carbocycles. The highest BCUT2D eigenvalue weighted by Gasteiger charge is 2.06. The Morgan fingerprint density at radius 2 is 2.05 bits per heavy atom. The first-order valence-corrected chi connectivity index (χ1v) is 8.28. The van der Waals surface area contributed by atoms with Gasteiger partial charge in [0.05, 0.1) is 5.69 Å². The van der Waals surface area contributed by atoms with Crippen molar-refractivity contribution in [1.82, 2.24) is 9.38 Å². The number of hydrogen-bond acceptors (Lipinski definition) is 3. The fourth-order valence-electron chi connectivity index (χ4n) is 2.10. The molecule has 0 fully saturated rings. The predicted octanol–water partition coefficient (Wildman–Crippen LogP) is 4.06. The van der Waals surface area contributed by atoms with Crippen LogP contribution in [0.25, 0.3) is 5.65 Å². The molecule has 2 heterocycles. The molecule has 0 spiro atoms. The summed E-state index contributed by atoms with van der Waals surface area (Å²) < 4.78 is 2.64. The van der Waals surface area contributed by atoms with Crippen molar-refractivity contribution in [2.24, 2.45) is 0 Å². The first kappa shape index (κ1) is 14.4. The number of halogens is 1. The number of aryl methyl sites for hydroxylation is 1. The number of fused-ring (bicyclic) bond motifs is 1. The summed E-state index contributed by atoms with van der Waals surface area (Å²) in [4.78, 5) is 17.9. The maximum absolute atomic E-state index is 12.1. The normalized spacial score (nSPS) is 11.0. The van der Waals surface area contributed by atoms with Crippen molar-refractivity contribution in [3.8, 4) is 0 Å². The minimum absolute atomic E-state index is 0.0357. The van der Waals surface area contributed by atoms with Gasteiger partial charge in [0.2, 0.25) is 0 Å². The minimum atomic E-state index is -0.0357. The van der Waals surface area contributed by atoms with Crippen LogP contribution in [0, 0.1) is 6.92 Å². The van der Waals surface area contributed by atoms with Crippen LogP contribution in [0.4, 0.5) is 0 Å². The van der Waals surface area contributed by atoms with E-state index < -0.39 is 0 Å². The average molecular weight is 361 g/mol. The smallest absolute Gasteiger partial charge is 0.258 e. The van der Waals surface area contributed by atoms with Crippen LogP contribution >= 0.6 is 27.7 Å². The topological polar surface area (TPSA) is 34.4 Å². The second-order valence-corrected chi connectivity index (χ2v) is 6.56. The first-order valence-electron chi connectivity index (χ1n) is 6.50. The van der Waals surface area contributed by atoms with E-state index >= 15 is 0 Å². The fraction of sp³-hybridized carbons (Fsp3) is 0.125. The molecule has 0 aliphatic heterocycles. The van der Waals surface area contributed by atoms with Gasteiger partial charge >= 0.3 is 0 Å². The molecular weight excluding hydrogens is 348 g/mol. The summed E-state index contributed by atoms with van der Waals surface area (Å²) >= 11 is 5.19. The molecule has 3 aromatic rings. The molecular formula is C16H13BrN2OS. The first-order chi connectivity index (χ1) is 10.1. The zero-order valence-corrected chi connectivity index (χ0v) is 13.8. The number of thioether (sulfide) groups is 1. The predicted molar refractivity (Wildman–Crippen MR) is 89.9 cm³/mol. The van der Waals surface area contributed by atoms with Gasteiger partial charge in [0.1, 0.15) is 5.65 Å². The van der Waals surface area contributed by atoms with Gasteiger partial charge in [0.25, 0.3) is 5.56 Å². The Bertz CT molecular complexity index is 860. The monoisotopic (exact) mass is 360 g/mol. The average Bonchev–Trinajstić information content (AvgIpc) is 2.48. The van der Waals surface area contributed by atoms with Crippen LogP contribution in [-0.2, 0) is 5.75 Å². The maximum atomic E-state index is 12.1. The molecule has 0 saturated carbocycles. The molecule has 21 heavy (non-hydrogen) atoms. The Morgan fingerprint density at radius 1 is 1.24 bits per heavy atom. The maximum Gasteiger partial charge on any atom is 0.258 e. The Hall–Kier alpha value is -1.59. The summed E-state index contributed by atoms with van der Waals surface area (Å²) in [5.74, 6) is 0.669. The Morgan fingerprint density at radius 3 is 2.86 bits per heavy atom. The molecule has 106 valence electrons. The van der Waals surface area contributed by atoms with E-state index in [0.29, 0.717) is 5.75 Å². The lowest BCUT2D eigenvalue weighted by Crippen LogP contribution is -2.15. The van der Waals surface area contributed by atoms with Gasteiger partial charge in [0.15, 0.2) is 0 Å². The molecule has 3 nitrogen and oxygen atoms in total. The van der Waals surface area contributed by atoms with Gasteiger partial charge in [-0.2, -0.15) is 0 Å². The van der Waals surface area contributed by atoms with Crippen molar-refractivity contribution in [2.75, 3.05) is 0 Å². The number of rotatable bonds is 3. The van der Waals surface area contributed by atoms with Gasteiger partial charge in [0, 0.05) is 27.4 Å². The summed E-state index contributed by atoms with van der Waals surface area (Å²) in [6.45, 7) is 1.96. The Labute approximate surface area is 135 Å². The number of nitrogens with zero attached hydrogens (tertiary/aromatic N) is 2. The third kappa shape index (κ3) is 3.04. The molecule has 2 aromatic heterocycles. The van der Waals surface area contributed by atoms with Crippen molar-refractivity contribution in [2.45, 2.75) is 17.6 Å². The molecule has 0 N–H and O–H groups in total. The zero-order valence-electron chi connectivity index (χ0n) is 11.4. The van der Waals surface area contributed by atoms with Crippen LogP contribution in [0.1, 0.15) is 11.3 Å². The lowest BCUT2D eigenvalue weighted by atomic mass is 10.3. The van der Waals surface area contributed by atoms with E-state index in [4.69, 9.17) is 0 Å². The van der Waals surface area contributed by atoms with Gasteiger partial charge in [-0.1, -0.05) is 18.2 Å². The molecule has 5 heteroatoms. The zero-order chi connectivity index (χ0) is 14.8. The summed E-state index contributed by atoms with van der Waals surface area (Å²) in [7, 11) is 0. The van der Waals surface area contributed by atoms with Crippen molar-refractivity contribution in [3.63, 3.8) is 0 Å². The van der Waals surface area contributed by atoms with Crippen LogP contribution in [0.2, 0.25) is 0 Å². The summed E-state index contributed by atoms with van der Waals surface area (Å²) in [6.07, 6.45) is 1.75. The van der Waals surface area contributed by atoms with Crippen molar-refractivity contribution < 1.29 is 0 Å². The van der Waals surface area contributed by atoms with Crippen molar-refractivity contribution >= 4 is 33.3 Å². The highest BCUT2D eigenvalue weighted by molar-refractivity contribution is 9.10. The third-order valence-electron chi connectivity index (χ3n) is 3.15. The Kier molecular flexibility index (Phi) is 4.12. The van der Waals surface area contributed by atoms with E-state index in [1.54, 1.807) is 28.4 Å². The number of benzene rings is 1. The molecule has 3 rings (SSSR count). The fourth-order valence-corrected chi connectivity index (χ4v) is 3.56. The van der Waals surface area contributed by atoms with E-state index in [9.17, 15) is 4.79 Å². The highest BCUT2D eigenvalue weighted by Crippen LogP contribution is 2.29. The SMILES string of the molecule is Cc1cccn2c(=O)cc(CSc3ccccc3Br)nc12. The second kappa shape index (κ2) is 6.03. The van der Waals surface area contributed by atoms with E-state index in [1.165, 1.54) is 0 Å². The van der Waals surface area contributed by atoms with Crippen molar-refractivity contribution in [3.05, 3.63) is 74.7 Å². The number of aromatic nitrogens is 2. The molecule has 0 aliphatic rings. The second-order valence-electron chi connectivity index (χ2n) is 4.69. The number of hydrogen-bond donors (Lipinski definition) is 0. The van der Waals surface area contributed by atoms with Crippen molar-refractivity contribution in [1.29, 1.82) is 0 Å². The van der Waals surface area contributed by atoms with Gasteiger partial charge < -0.3 is 0 Å². The lowest BCUT2D eigenvalue weighted by molar-refractivity contribution is 1.00. The third-order valence-corrected chi connectivity index (χ3v) is 5.21. The van der Waals surface area contributed by atoms with Gasteiger partial charge in [-0.15, -0.1) is 11.8 Å². The van der Waals surface area contributed by atoms with Crippen LogP contribution in [0.15, 0.2) is 62.8 Å². The lowest BCUT2D eigenvalue weighted by Gasteiger charge is -2.07. The Balaban J connectivity index is 1.93. The molecule has 0 radical (unpaired) electrons. The summed E-state index contributed by atoms with van der Waals surface area (Å²) in [5.41, 5.74) is 2.50. The largest absolute Gasteiger partial charge is 0.269 e. The molecule has 0 atom stereocenters. The van der Waals surface area contributed by atoms with Crippen LogP contribution < -0.4 is 5.56 Å². The molecule has 1 aromatic carbocycles. The minimum Gasteiger partial charge on any atom is -0.269 e. The number of pyridine rings is 1. The van der Waals surface area contributed by atoms with E-state index in [2.05, 4.69) is 20.9 Å². The van der Waals surface area contributed by atoms with Crippen LogP contribution in [0.5, 0.6) is 0 Å². The molecule has 0 bridgehead atoms. The summed E-state index contributed by atoms with van der Waals surface area (Å²) in [5, 5.41) is 0. The summed E-state index contributed by atoms with van der Waals surface area (Å²) in [6, 6.07) is 13.5. The van der Waals surface area contributed by atoms with Crippen LogP contribution in [-0.4, -0.2) is 9.38 Å². The van der Waals surface area contributed by atoms with E-state index in [-0.39, 0.29) is 5.56 Å². The standard InChI is InChI=1S/C16H13BrN2OS/c1-11-5-4-8-19-15(20)9-12(18-16(11)19)10-21-14-7-3-2-6-13(14)17/h2-9H,10H2,1H3. The van der Waals surface area contributed by atoms with Crippen LogP contribution in [0.3, 0.4) is 0 Å².